The Morgan fingerprint density at radius 3 is 2.79 bits per heavy atom. The number of likely N-dealkylation sites (N-methyl/N-ethyl adjacent to an activating group) is 1. The van der Waals surface area contributed by atoms with Gasteiger partial charge in [0.25, 0.3) is 0 Å². The lowest BCUT2D eigenvalue weighted by Crippen LogP contribution is -2.52. The SMILES string of the molecule is CCN1CCN(c2ccc(Cl)cc2C(=N)N)CC1C. The molecule has 0 amide bonds. The zero-order valence-corrected chi connectivity index (χ0v) is 12.2. The summed E-state index contributed by atoms with van der Waals surface area (Å²) in [5.74, 6) is 0.0723. The van der Waals surface area contributed by atoms with Crippen LogP contribution in [-0.2, 0) is 0 Å². The molecule has 3 N–H and O–H groups in total. The lowest BCUT2D eigenvalue weighted by Gasteiger charge is -2.41. The van der Waals surface area contributed by atoms with Crippen LogP contribution < -0.4 is 10.6 Å². The van der Waals surface area contributed by atoms with Gasteiger partial charge in [-0.2, -0.15) is 0 Å². The maximum absolute atomic E-state index is 7.70. The van der Waals surface area contributed by atoms with Gasteiger partial charge in [-0.15, -0.1) is 0 Å². The van der Waals surface area contributed by atoms with E-state index in [2.05, 4.69) is 23.6 Å². The molecule has 0 aliphatic carbocycles. The third-order valence-corrected chi connectivity index (χ3v) is 4.00. The van der Waals surface area contributed by atoms with Crippen LogP contribution in [0.5, 0.6) is 0 Å². The highest BCUT2D eigenvalue weighted by Gasteiger charge is 2.24. The highest BCUT2D eigenvalue weighted by molar-refractivity contribution is 6.31. The third-order valence-electron chi connectivity index (χ3n) is 3.76. The Hall–Kier alpha value is -1.26. The van der Waals surface area contributed by atoms with Crippen LogP contribution in [0.3, 0.4) is 0 Å². The van der Waals surface area contributed by atoms with Crippen LogP contribution in [0.4, 0.5) is 5.69 Å². The standard InChI is InChI=1S/C14H21ClN4/c1-3-18-6-7-19(9-10(18)2)13-5-4-11(15)8-12(13)14(16)17/h4-5,8,10H,3,6-7,9H2,1-2H3,(H3,16,17). The van der Waals surface area contributed by atoms with Crippen LogP contribution in [0, 0.1) is 5.41 Å². The number of anilines is 1. The van der Waals surface area contributed by atoms with Gasteiger partial charge in [-0.1, -0.05) is 18.5 Å². The Morgan fingerprint density at radius 2 is 2.21 bits per heavy atom. The Morgan fingerprint density at radius 1 is 1.47 bits per heavy atom. The molecule has 19 heavy (non-hydrogen) atoms. The minimum Gasteiger partial charge on any atom is -0.384 e. The molecule has 2 rings (SSSR count). The van der Waals surface area contributed by atoms with Crippen molar-refractivity contribution in [3.8, 4) is 0 Å². The number of piperazine rings is 1. The van der Waals surface area contributed by atoms with Crippen molar-refractivity contribution < 1.29 is 0 Å². The molecule has 1 heterocycles. The van der Waals surface area contributed by atoms with Gasteiger partial charge in [0.15, 0.2) is 0 Å². The molecule has 0 aromatic heterocycles. The Bertz CT molecular complexity index is 475. The van der Waals surface area contributed by atoms with E-state index in [1.165, 1.54) is 0 Å². The lowest BCUT2D eigenvalue weighted by molar-refractivity contribution is 0.199. The first-order valence-corrected chi connectivity index (χ1v) is 7.03. The van der Waals surface area contributed by atoms with Crippen molar-refractivity contribution in [2.45, 2.75) is 19.9 Å². The molecular weight excluding hydrogens is 260 g/mol. The molecule has 1 aromatic rings. The van der Waals surface area contributed by atoms with Crippen LogP contribution in [0.25, 0.3) is 0 Å². The van der Waals surface area contributed by atoms with Crippen LogP contribution in [0.1, 0.15) is 19.4 Å². The maximum Gasteiger partial charge on any atom is 0.124 e. The monoisotopic (exact) mass is 280 g/mol. The minimum atomic E-state index is 0.0723. The molecule has 1 saturated heterocycles. The van der Waals surface area contributed by atoms with Crippen molar-refractivity contribution >= 4 is 23.1 Å². The van der Waals surface area contributed by atoms with Crippen molar-refractivity contribution in [2.75, 3.05) is 31.1 Å². The van der Waals surface area contributed by atoms with E-state index in [1.54, 1.807) is 6.07 Å². The Labute approximate surface area is 119 Å². The van der Waals surface area contributed by atoms with Gasteiger partial charge in [-0.3, -0.25) is 10.3 Å². The Kier molecular flexibility index (Phi) is 4.32. The predicted molar refractivity (Wildman–Crippen MR) is 81.4 cm³/mol. The number of halogens is 1. The van der Waals surface area contributed by atoms with E-state index < -0.39 is 0 Å². The summed E-state index contributed by atoms with van der Waals surface area (Å²) >= 11 is 6.00. The summed E-state index contributed by atoms with van der Waals surface area (Å²) in [5, 5.41) is 8.32. The summed E-state index contributed by atoms with van der Waals surface area (Å²) in [6.07, 6.45) is 0. The summed E-state index contributed by atoms with van der Waals surface area (Å²) in [5.41, 5.74) is 7.41. The van der Waals surface area contributed by atoms with E-state index in [9.17, 15) is 0 Å². The van der Waals surface area contributed by atoms with Gasteiger partial charge < -0.3 is 10.6 Å². The topological polar surface area (TPSA) is 56.4 Å². The van der Waals surface area contributed by atoms with Crippen molar-refractivity contribution in [1.29, 1.82) is 5.41 Å². The molecular formula is C14H21ClN4. The molecule has 104 valence electrons. The molecule has 0 spiro atoms. The largest absolute Gasteiger partial charge is 0.384 e. The first-order valence-electron chi connectivity index (χ1n) is 6.66. The van der Waals surface area contributed by atoms with Gasteiger partial charge in [0.2, 0.25) is 0 Å². The molecule has 1 aliphatic rings. The van der Waals surface area contributed by atoms with Crippen LogP contribution in [0.2, 0.25) is 5.02 Å². The van der Waals surface area contributed by atoms with Crippen LogP contribution in [0.15, 0.2) is 18.2 Å². The van der Waals surface area contributed by atoms with Gasteiger partial charge in [-0.25, -0.2) is 0 Å². The van der Waals surface area contributed by atoms with Crippen LogP contribution >= 0.6 is 11.6 Å². The van der Waals surface area contributed by atoms with Crippen LogP contribution in [-0.4, -0.2) is 43.0 Å². The number of amidine groups is 1. The molecule has 5 heteroatoms. The lowest BCUT2D eigenvalue weighted by atomic mass is 10.1. The fraction of sp³-hybridized carbons (Fsp3) is 0.500. The second-order valence-corrected chi connectivity index (χ2v) is 5.44. The zero-order chi connectivity index (χ0) is 14.0. The number of nitrogen functional groups attached to an aromatic ring is 1. The average molecular weight is 281 g/mol. The number of nitrogens with one attached hydrogen (secondary N) is 1. The molecule has 0 radical (unpaired) electrons. The molecule has 0 bridgehead atoms. The summed E-state index contributed by atoms with van der Waals surface area (Å²) in [4.78, 5) is 4.75. The summed E-state index contributed by atoms with van der Waals surface area (Å²) in [6.45, 7) is 8.46. The number of nitrogens with zero attached hydrogens (tertiary/aromatic N) is 2. The maximum atomic E-state index is 7.70. The quantitative estimate of drug-likeness (QED) is 0.659. The molecule has 1 unspecified atom stereocenters. The highest BCUT2D eigenvalue weighted by Crippen LogP contribution is 2.26. The first-order chi connectivity index (χ1) is 9.02. The van der Waals surface area contributed by atoms with Crippen molar-refractivity contribution in [3.63, 3.8) is 0 Å². The fourth-order valence-electron chi connectivity index (χ4n) is 2.68. The van der Waals surface area contributed by atoms with E-state index in [0.717, 1.165) is 37.4 Å². The number of hydrogen-bond donors (Lipinski definition) is 2. The minimum absolute atomic E-state index is 0.0723. The summed E-state index contributed by atoms with van der Waals surface area (Å²) in [7, 11) is 0. The number of nitrogens with two attached hydrogens (primary N) is 1. The van der Waals surface area contributed by atoms with Gasteiger partial charge in [-0.05, 0) is 31.7 Å². The van der Waals surface area contributed by atoms with E-state index >= 15 is 0 Å². The van der Waals surface area contributed by atoms with Crippen molar-refractivity contribution in [1.82, 2.24) is 4.90 Å². The van der Waals surface area contributed by atoms with Gasteiger partial charge in [0, 0.05) is 41.9 Å². The number of rotatable bonds is 3. The summed E-state index contributed by atoms with van der Waals surface area (Å²) in [6, 6.07) is 6.11. The van der Waals surface area contributed by atoms with Gasteiger partial charge in [0.1, 0.15) is 5.84 Å². The molecule has 1 atom stereocenters. The summed E-state index contributed by atoms with van der Waals surface area (Å²) < 4.78 is 0. The second-order valence-electron chi connectivity index (χ2n) is 5.00. The van der Waals surface area contributed by atoms with E-state index in [1.807, 2.05) is 12.1 Å². The normalized spacial score (nSPS) is 20.6. The smallest absolute Gasteiger partial charge is 0.124 e. The third kappa shape index (κ3) is 3.01. The van der Waals surface area contributed by atoms with Gasteiger partial charge in [0.05, 0.1) is 0 Å². The fourth-order valence-corrected chi connectivity index (χ4v) is 2.86. The molecule has 1 aromatic carbocycles. The number of hydrogen-bond acceptors (Lipinski definition) is 3. The van der Waals surface area contributed by atoms with E-state index in [-0.39, 0.29) is 5.84 Å². The van der Waals surface area contributed by atoms with E-state index in [4.69, 9.17) is 22.7 Å². The molecule has 1 fully saturated rings. The number of benzene rings is 1. The first kappa shape index (κ1) is 14.2. The molecule has 1 aliphatic heterocycles. The average Bonchev–Trinajstić information content (AvgIpc) is 2.38. The molecule has 4 nitrogen and oxygen atoms in total. The van der Waals surface area contributed by atoms with Gasteiger partial charge >= 0.3 is 0 Å². The second kappa shape index (κ2) is 5.80. The zero-order valence-electron chi connectivity index (χ0n) is 11.5. The predicted octanol–water partition coefficient (Wildman–Crippen LogP) is 2.15. The van der Waals surface area contributed by atoms with Crippen molar-refractivity contribution in [3.05, 3.63) is 28.8 Å². The molecule has 0 saturated carbocycles. The highest BCUT2D eigenvalue weighted by atomic mass is 35.5. The van der Waals surface area contributed by atoms with E-state index in [0.29, 0.717) is 11.1 Å². The Balaban J connectivity index is 2.25. The van der Waals surface area contributed by atoms with Crippen molar-refractivity contribution in [2.24, 2.45) is 5.73 Å².